The van der Waals surface area contributed by atoms with Gasteiger partial charge in [0.05, 0.1) is 18.6 Å². The quantitative estimate of drug-likeness (QED) is 0.598. The van der Waals surface area contributed by atoms with Gasteiger partial charge in [-0.05, 0) is 19.0 Å². The first-order chi connectivity index (χ1) is 6.61. The lowest BCUT2D eigenvalue weighted by Gasteiger charge is -2.18. The first kappa shape index (κ1) is 11.1. The molecule has 1 aliphatic carbocycles. The molecule has 0 aliphatic heterocycles. The van der Waals surface area contributed by atoms with Gasteiger partial charge in [0.15, 0.2) is 11.6 Å². The second-order valence-electron chi connectivity index (χ2n) is 3.52. The van der Waals surface area contributed by atoms with Gasteiger partial charge in [-0.15, -0.1) is 0 Å². The summed E-state index contributed by atoms with van der Waals surface area (Å²) in [5, 5.41) is 11.6. The highest BCUT2D eigenvalue weighted by molar-refractivity contribution is 6.11. The average Bonchev–Trinajstić information content (AvgIpc) is 2.48. The van der Waals surface area contributed by atoms with Crippen LogP contribution in [0.2, 0.25) is 0 Å². The first-order valence-corrected chi connectivity index (χ1v) is 4.65. The second-order valence-corrected chi connectivity index (χ2v) is 3.52. The van der Waals surface area contributed by atoms with Gasteiger partial charge in [-0.2, -0.15) is 0 Å². The molecule has 0 saturated carbocycles. The fraction of sp³-hybridized carbons (Fsp3) is 0.600. The van der Waals surface area contributed by atoms with Crippen LogP contribution in [0.1, 0.15) is 6.92 Å². The van der Waals surface area contributed by atoms with E-state index in [9.17, 15) is 9.59 Å². The molecule has 4 heteroatoms. The fourth-order valence-electron chi connectivity index (χ4n) is 1.66. The maximum absolute atomic E-state index is 11.7. The van der Waals surface area contributed by atoms with Gasteiger partial charge in [-0.3, -0.25) is 9.59 Å². The second kappa shape index (κ2) is 4.48. The minimum atomic E-state index is -0.633. The minimum absolute atomic E-state index is 0.0580. The Balaban J connectivity index is 2.74. The highest BCUT2D eigenvalue weighted by atomic mass is 16.3. The van der Waals surface area contributed by atoms with Gasteiger partial charge in [0, 0.05) is 0 Å². The van der Waals surface area contributed by atoms with E-state index in [0.29, 0.717) is 0 Å². The van der Waals surface area contributed by atoms with Crippen molar-refractivity contribution in [1.29, 1.82) is 0 Å². The predicted octanol–water partition coefficient (Wildman–Crippen LogP) is -0.473. The number of aliphatic hydroxyl groups excluding tert-OH is 1. The van der Waals surface area contributed by atoms with Crippen LogP contribution in [0.3, 0.4) is 0 Å². The number of likely N-dealkylation sites (N-methyl/N-ethyl adjacent to an activating group) is 1. The molecule has 1 rings (SSSR count). The van der Waals surface area contributed by atoms with E-state index in [1.54, 1.807) is 13.1 Å². The minimum Gasteiger partial charge on any atom is -0.394 e. The van der Waals surface area contributed by atoms with E-state index >= 15 is 0 Å². The Hall–Kier alpha value is -1.00. The van der Waals surface area contributed by atoms with Crippen molar-refractivity contribution in [1.82, 2.24) is 5.32 Å². The number of hydrogen-bond donors (Lipinski definition) is 2. The Bertz CT molecular complexity index is 269. The molecule has 78 valence electrons. The van der Waals surface area contributed by atoms with Gasteiger partial charge >= 0.3 is 0 Å². The summed E-state index contributed by atoms with van der Waals surface area (Å²) in [6.45, 7) is 1.56. The third-order valence-electron chi connectivity index (χ3n) is 2.58. The predicted molar refractivity (Wildman–Crippen MR) is 51.7 cm³/mol. The average molecular weight is 197 g/mol. The molecule has 0 aromatic rings. The summed E-state index contributed by atoms with van der Waals surface area (Å²) in [5.41, 5.74) is 0. The number of hydrogen-bond acceptors (Lipinski definition) is 4. The summed E-state index contributed by atoms with van der Waals surface area (Å²) >= 11 is 0. The third-order valence-corrected chi connectivity index (χ3v) is 2.58. The maximum Gasteiger partial charge on any atom is 0.166 e. The van der Waals surface area contributed by atoms with Gasteiger partial charge in [0.25, 0.3) is 0 Å². The normalized spacial score (nSPS) is 28.1. The SMILES string of the molecule is CNC(CO)C(=O)C1C(=O)C=CC1C. The Morgan fingerprint density at radius 1 is 1.71 bits per heavy atom. The first-order valence-electron chi connectivity index (χ1n) is 4.65. The molecule has 14 heavy (non-hydrogen) atoms. The van der Waals surface area contributed by atoms with Crippen LogP contribution in [0.25, 0.3) is 0 Å². The zero-order valence-electron chi connectivity index (χ0n) is 8.36. The number of rotatable bonds is 4. The maximum atomic E-state index is 11.7. The van der Waals surface area contributed by atoms with Crippen molar-refractivity contribution in [2.24, 2.45) is 11.8 Å². The fourth-order valence-corrected chi connectivity index (χ4v) is 1.66. The topological polar surface area (TPSA) is 66.4 Å². The molecule has 0 aromatic heterocycles. The van der Waals surface area contributed by atoms with Gasteiger partial charge in [0.1, 0.15) is 0 Å². The number of carbonyl (C=O) groups is 2. The van der Waals surface area contributed by atoms with E-state index in [-0.39, 0.29) is 24.1 Å². The zero-order chi connectivity index (χ0) is 10.7. The molecule has 3 atom stereocenters. The van der Waals surface area contributed by atoms with Crippen molar-refractivity contribution in [3.63, 3.8) is 0 Å². The van der Waals surface area contributed by atoms with E-state index in [1.165, 1.54) is 6.08 Å². The number of nitrogens with one attached hydrogen (secondary N) is 1. The van der Waals surface area contributed by atoms with Crippen molar-refractivity contribution in [2.45, 2.75) is 13.0 Å². The van der Waals surface area contributed by atoms with Crippen molar-refractivity contribution in [3.05, 3.63) is 12.2 Å². The van der Waals surface area contributed by atoms with Crippen LogP contribution in [0.4, 0.5) is 0 Å². The van der Waals surface area contributed by atoms with Crippen LogP contribution in [-0.2, 0) is 9.59 Å². The number of allylic oxidation sites excluding steroid dienone is 2. The molecule has 2 N–H and O–H groups in total. The summed E-state index contributed by atoms with van der Waals surface area (Å²) in [5.74, 6) is -1.05. The standard InChI is InChI=1S/C10H15NO3/c1-6-3-4-8(13)9(6)10(14)7(5-12)11-2/h3-4,6-7,9,11-12H,5H2,1-2H3. The summed E-state index contributed by atoms with van der Waals surface area (Å²) in [6.07, 6.45) is 3.17. The van der Waals surface area contributed by atoms with E-state index < -0.39 is 12.0 Å². The van der Waals surface area contributed by atoms with E-state index in [4.69, 9.17) is 5.11 Å². The number of carbonyl (C=O) groups excluding carboxylic acids is 2. The summed E-state index contributed by atoms with van der Waals surface area (Å²) in [7, 11) is 1.59. The van der Waals surface area contributed by atoms with Crippen molar-refractivity contribution in [3.8, 4) is 0 Å². The van der Waals surface area contributed by atoms with Crippen LogP contribution < -0.4 is 5.32 Å². The van der Waals surface area contributed by atoms with Crippen LogP contribution >= 0.6 is 0 Å². The van der Waals surface area contributed by atoms with Crippen molar-refractivity contribution in [2.75, 3.05) is 13.7 Å². The van der Waals surface area contributed by atoms with Gasteiger partial charge < -0.3 is 10.4 Å². The summed E-state index contributed by atoms with van der Waals surface area (Å²) in [6, 6.07) is -0.633. The number of Topliss-reactive ketones (excluding diaryl/α,β-unsaturated/α-hetero) is 1. The molecule has 0 bridgehead atoms. The lowest BCUT2D eigenvalue weighted by Crippen LogP contribution is -2.43. The molecule has 0 saturated heterocycles. The number of ketones is 2. The van der Waals surface area contributed by atoms with Gasteiger partial charge in [-0.25, -0.2) is 0 Å². The molecule has 3 unspecified atom stereocenters. The Morgan fingerprint density at radius 2 is 2.36 bits per heavy atom. The van der Waals surface area contributed by atoms with Gasteiger partial charge in [0.2, 0.25) is 0 Å². The van der Waals surface area contributed by atoms with Crippen molar-refractivity contribution < 1.29 is 14.7 Å². The Labute approximate surface area is 83.0 Å². The number of aliphatic hydroxyl groups is 1. The van der Waals surface area contributed by atoms with Crippen LogP contribution in [0.15, 0.2) is 12.2 Å². The monoisotopic (exact) mass is 197 g/mol. The molecule has 0 heterocycles. The molecule has 4 nitrogen and oxygen atoms in total. The lowest BCUT2D eigenvalue weighted by atomic mass is 9.88. The van der Waals surface area contributed by atoms with Crippen LogP contribution in [-0.4, -0.2) is 36.4 Å². The molecule has 0 spiro atoms. The molecule has 0 fully saturated rings. The van der Waals surface area contributed by atoms with E-state index in [1.807, 2.05) is 6.92 Å². The zero-order valence-corrected chi connectivity index (χ0v) is 8.36. The molecular weight excluding hydrogens is 182 g/mol. The van der Waals surface area contributed by atoms with Gasteiger partial charge in [-0.1, -0.05) is 13.0 Å². The van der Waals surface area contributed by atoms with E-state index in [2.05, 4.69) is 5.32 Å². The summed E-state index contributed by atoms with van der Waals surface area (Å²) in [4.78, 5) is 23.1. The van der Waals surface area contributed by atoms with Crippen LogP contribution in [0.5, 0.6) is 0 Å². The smallest absolute Gasteiger partial charge is 0.166 e. The third kappa shape index (κ3) is 1.91. The lowest BCUT2D eigenvalue weighted by molar-refractivity contribution is -0.132. The van der Waals surface area contributed by atoms with Crippen molar-refractivity contribution >= 4 is 11.6 Å². The molecule has 1 aliphatic rings. The highest BCUT2D eigenvalue weighted by Crippen LogP contribution is 2.23. The molecule has 0 radical (unpaired) electrons. The molecule has 0 aromatic carbocycles. The highest BCUT2D eigenvalue weighted by Gasteiger charge is 2.36. The largest absolute Gasteiger partial charge is 0.394 e. The molecular formula is C10H15NO3. The Kier molecular flexibility index (Phi) is 3.55. The van der Waals surface area contributed by atoms with Crippen LogP contribution in [0, 0.1) is 11.8 Å². The molecule has 0 amide bonds. The summed E-state index contributed by atoms with van der Waals surface area (Å²) < 4.78 is 0. The van der Waals surface area contributed by atoms with E-state index in [0.717, 1.165) is 0 Å². The Morgan fingerprint density at radius 3 is 2.71 bits per heavy atom.